The maximum atomic E-state index is 13.4. The molecule has 0 aromatic heterocycles. The first-order chi connectivity index (χ1) is 14.4. The van der Waals surface area contributed by atoms with E-state index in [-0.39, 0.29) is 11.0 Å². The highest BCUT2D eigenvalue weighted by Crippen LogP contribution is 2.40. The highest BCUT2D eigenvalue weighted by atomic mass is 35.5. The Morgan fingerprint density at radius 3 is 2.13 bits per heavy atom. The summed E-state index contributed by atoms with van der Waals surface area (Å²) >= 11 is 5.78. The Kier molecular flexibility index (Phi) is 10.7. The van der Waals surface area contributed by atoms with Gasteiger partial charge in [0.2, 0.25) is 0 Å². The number of alkyl halides is 2. The van der Waals surface area contributed by atoms with E-state index >= 15 is 0 Å². The predicted molar refractivity (Wildman–Crippen MR) is 133 cm³/mol. The third-order valence-corrected chi connectivity index (χ3v) is 5.88. The van der Waals surface area contributed by atoms with Crippen molar-refractivity contribution in [2.45, 2.75) is 72.6 Å². The second kappa shape index (κ2) is 12.2. The summed E-state index contributed by atoms with van der Waals surface area (Å²) < 4.78 is 26.9. The molecular weight excluding hydrogens is 410 g/mol. The van der Waals surface area contributed by atoms with Crippen molar-refractivity contribution in [3.63, 3.8) is 0 Å². The fraction of sp³-hybridized carbons (Fsp3) is 0.429. The van der Waals surface area contributed by atoms with E-state index in [4.69, 9.17) is 11.6 Å². The highest BCUT2D eigenvalue weighted by Gasteiger charge is 2.27. The number of halogens is 3. The molecule has 170 valence electrons. The van der Waals surface area contributed by atoms with Crippen LogP contribution in [-0.4, -0.2) is 0 Å². The van der Waals surface area contributed by atoms with Gasteiger partial charge in [0.25, 0.3) is 5.92 Å². The van der Waals surface area contributed by atoms with Crippen molar-refractivity contribution in [2.75, 3.05) is 0 Å². The molecule has 0 fully saturated rings. The zero-order valence-corrected chi connectivity index (χ0v) is 20.5. The number of hydrogen-bond acceptors (Lipinski definition) is 0. The zero-order valence-electron chi connectivity index (χ0n) is 19.7. The van der Waals surface area contributed by atoms with Gasteiger partial charge in [0.05, 0.1) is 0 Å². The van der Waals surface area contributed by atoms with Crippen LogP contribution in [0, 0.1) is 5.41 Å². The largest absolute Gasteiger partial charge is 0.270 e. The van der Waals surface area contributed by atoms with E-state index in [9.17, 15) is 8.78 Å². The van der Waals surface area contributed by atoms with Gasteiger partial charge in [-0.1, -0.05) is 94.3 Å². The Morgan fingerprint density at radius 1 is 0.968 bits per heavy atom. The van der Waals surface area contributed by atoms with Gasteiger partial charge in [-0.3, -0.25) is 0 Å². The summed E-state index contributed by atoms with van der Waals surface area (Å²) in [6.45, 7) is 17.6. The van der Waals surface area contributed by atoms with Crippen molar-refractivity contribution in [3.8, 4) is 0 Å². The minimum Gasteiger partial charge on any atom is -0.202 e. The number of benzene rings is 2. The topological polar surface area (TPSA) is 0 Å². The normalized spacial score (nSPS) is 13.0. The molecule has 0 saturated carbocycles. The molecule has 2 aromatic carbocycles. The first-order valence-corrected chi connectivity index (χ1v) is 11.4. The molecule has 0 spiro atoms. The van der Waals surface area contributed by atoms with Crippen LogP contribution in [0.1, 0.15) is 77.0 Å². The molecule has 0 aliphatic carbocycles. The van der Waals surface area contributed by atoms with Crippen LogP contribution in [0.15, 0.2) is 67.3 Å². The number of hydrogen-bond donors (Lipinski definition) is 0. The van der Waals surface area contributed by atoms with Crippen LogP contribution >= 0.6 is 11.6 Å². The third-order valence-electron chi connectivity index (χ3n) is 5.64. The van der Waals surface area contributed by atoms with Crippen molar-refractivity contribution >= 4 is 17.2 Å². The highest BCUT2D eigenvalue weighted by molar-refractivity contribution is 6.30. The van der Waals surface area contributed by atoms with Gasteiger partial charge < -0.3 is 0 Å². The first-order valence-electron chi connectivity index (χ1n) is 11.0. The van der Waals surface area contributed by atoms with Crippen molar-refractivity contribution in [3.05, 3.63) is 89.0 Å². The maximum Gasteiger partial charge on any atom is 0.270 e. The summed E-state index contributed by atoms with van der Waals surface area (Å²) in [4.78, 5) is 0. The quantitative estimate of drug-likeness (QED) is 0.336. The van der Waals surface area contributed by atoms with Crippen LogP contribution < -0.4 is 0 Å². The predicted octanol–water partition coefficient (Wildman–Crippen LogP) is 9.88. The summed E-state index contributed by atoms with van der Waals surface area (Å²) in [5, 5.41) is 0.839. The van der Waals surface area contributed by atoms with Crippen LogP contribution in [0.2, 0.25) is 5.02 Å². The van der Waals surface area contributed by atoms with E-state index in [1.165, 1.54) is 18.1 Å². The van der Waals surface area contributed by atoms with E-state index in [2.05, 4.69) is 40.0 Å². The zero-order chi connectivity index (χ0) is 23.7. The molecule has 1 unspecified atom stereocenters. The molecule has 31 heavy (non-hydrogen) atoms. The van der Waals surface area contributed by atoms with E-state index < -0.39 is 5.92 Å². The Morgan fingerprint density at radius 2 is 1.61 bits per heavy atom. The molecule has 0 aliphatic heterocycles. The molecule has 0 nitrogen and oxygen atoms in total. The SMILES string of the molecule is C=C(CC(C)(CCC)C(=C)C)c1cccc(C(C)(F)F)c1.CCCc1cccc(Cl)c1. The van der Waals surface area contributed by atoms with Crippen LogP contribution in [-0.2, 0) is 12.3 Å². The molecular formula is C28H37ClF2. The molecule has 2 rings (SSSR count). The van der Waals surface area contributed by atoms with Gasteiger partial charge in [0.1, 0.15) is 0 Å². The van der Waals surface area contributed by atoms with Crippen molar-refractivity contribution < 1.29 is 8.78 Å². The van der Waals surface area contributed by atoms with Crippen molar-refractivity contribution in [2.24, 2.45) is 5.41 Å². The summed E-state index contributed by atoms with van der Waals surface area (Å²) in [6.07, 6.45) is 5.13. The lowest BCUT2D eigenvalue weighted by atomic mass is 9.74. The van der Waals surface area contributed by atoms with Crippen molar-refractivity contribution in [1.29, 1.82) is 0 Å². The average Bonchev–Trinajstić information content (AvgIpc) is 2.68. The van der Waals surface area contributed by atoms with Gasteiger partial charge >= 0.3 is 0 Å². The molecule has 1 atom stereocenters. The fourth-order valence-electron chi connectivity index (χ4n) is 3.57. The number of rotatable bonds is 9. The Bertz CT molecular complexity index is 863. The minimum absolute atomic E-state index is 0.0312. The van der Waals surface area contributed by atoms with Gasteiger partial charge in [-0.05, 0) is 66.5 Å². The molecule has 0 N–H and O–H groups in total. The Balaban J connectivity index is 0.000000399. The second-order valence-electron chi connectivity index (χ2n) is 8.72. The van der Waals surface area contributed by atoms with Gasteiger partial charge in [-0.2, -0.15) is 0 Å². The average molecular weight is 447 g/mol. The van der Waals surface area contributed by atoms with E-state index in [1.807, 2.05) is 31.2 Å². The number of aryl methyl sites for hydroxylation is 1. The fourth-order valence-corrected chi connectivity index (χ4v) is 3.78. The lowest BCUT2D eigenvalue weighted by molar-refractivity contribution is 0.0174. The van der Waals surface area contributed by atoms with Crippen LogP contribution in [0.4, 0.5) is 8.78 Å². The second-order valence-corrected chi connectivity index (χ2v) is 9.16. The summed E-state index contributed by atoms with van der Waals surface area (Å²) in [5.74, 6) is -2.82. The lowest BCUT2D eigenvalue weighted by Gasteiger charge is -2.31. The molecule has 0 saturated heterocycles. The summed E-state index contributed by atoms with van der Waals surface area (Å²) in [7, 11) is 0. The molecule has 3 heteroatoms. The van der Waals surface area contributed by atoms with Crippen LogP contribution in [0.5, 0.6) is 0 Å². The van der Waals surface area contributed by atoms with Crippen LogP contribution in [0.25, 0.3) is 5.57 Å². The summed E-state index contributed by atoms with van der Waals surface area (Å²) in [5.41, 5.74) is 4.13. The first kappa shape index (κ1) is 27.1. The Labute approximate surface area is 193 Å². The molecule has 0 bridgehead atoms. The minimum atomic E-state index is -2.82. The smallest absolute Gasteiger partial charge is 0.202 e. The molecule has 0 aliphatic rings. The van der Waals surface area contributed by atoms with Crippen LogP contribution in [0.3, 0.4) is 0 Å². The van der Waals surface area contributed by atoms with Crippen molar-refractivity contribution in [1.82, 2.24) is 0 Å². The standard InChI is InChI=1S/C19H26F2.C9H11Cl/c1-7-11-18(5,14(2)3)13-15(4)16-9-8-10-17(12-16)19(6,20)21;1-2-4-8-5-3-6-9(10)7-8/h8-10,12H,2,4,7,11,13H2,1,3,5-6H3;3,5-7H,2,4H2,1H3. The third kappa shape index (κ3) is 8.99. The van der Waals surface area contributed by atoms with E-state index in [0.717, 1.165) is 54.3 Å². The molecule has 2 aromatic rings. The molecule has 0 heterocycles. The summed E-state index contributed by atoms with van der Waals surface area (Å²) in [6, 6.07) is 14.6. The van der Waals surface area contributed by atoms with E-state index in [0.29, 0.717) is 0 Å². The maximum absolute atomic E-state index is 13.4. The lowest BCUT2D eigenvalue weighted by Crippen LogP contribution is -2.18. The molecule has 0 amide bonds. The van der Waals surface area contributed by atoms with Gasteiger partial charge in [-0.25, -0.2) is 8.78 Å². The Hall–Kier alpha value is -1.93. The van der Waals surface area contributed by atoms with Gasteiger partial charge in [0, 0.05) is 17.5 Å². The van der Waals surface area contributed by atoms with E-state index in [1.54, 1.807) is 12.1 Å². The number of allylic oxidation sites excluding steroid dienone is 2. The van der Waals surface area contributed by atoms with Gasteiger partial charge in [-0.15, -0.1) is 0 Å². The monoisotopic (exact) mass is 446 g/mol. The van der Waals surface area contributed by atoms with Gasteiger partial charge in [0.15, 0.2) is 0 Å². The molecule has 0 radical (unpaired) electrons.